The van der Waals surface area contributed by atoms with Crippen molar-refractivity contribution in [3.05, 3.63) is 86.4 Å². The zero-order valence-electron chi connectivity index (χ0n) is 22.9. The van der Waals surface area contributed by atoms with Gasteiger partial charge in [0.2, 0.25) is 11.8 Å². The molecule has 0 aromatic heterocycles. The second-order valence-corrected chi connectivity index (χ2v) is 12.0. The molecule has 2 aromatic carbocycles. The van der Waals surface area contributed by atoms with Gasteiger partial charge in [-0.05, 0) is 70.6 Å². The SMILES string of the molecule is COc1ccc(C2C3=CCC4C(=O)N(c5cc(C(F)(F)F)cc(C(F)(F)F)c5)C(=O)C4C3CC3=C2C(=O)C=C(Br)C3=O)cc1O. The van der Waals surface area contributed by atoms with Crippen molar-refractivity contribution in [1.29, 1.82) is 0 Å². The van der Waals surface area contributed by atoms with Gasteiger partial charge in [0.1, 0.15) is 0 Å². The first-order valence-electron chi connectivity index (χ1n) is 13.5. The summed E-state index contributed by atoms with van der Waals surface area (Å²) in [6.45, 7) is 0. The molecule has 0 saturated carbocycles. The molecule has 45 heavy (non-hydrogen) atoms. The van der Waals surface area contributed by atoms with Crippen molar-refractivity contribution in [2.24, 2.45) is 17.8 Å². The lowest BCUT2D eigenvalue weighted by Gasteiger charge is -2.42. The van der Waals surface area contributed by atoms with Crippen LogP contribution in [-0.4, -0.2) is 35.6 Å². The molecule has 4 aliphatic rings. The number of rotatable bonds is 3. The summed E-state index contributed by atoms with van der Waals surface area (Å²) < 4.78 is 86.7. The summed E-state index contributed by atoms with van der Waals surface area (Å²) in [5, 5.41) is 10.5. The maximum absolute atomic E-state index is 13.9. The van der Waals surface area contributed by atoms with E-state index in [2.05, 4.69) is 15.9 Å². The number of Topliss-reactive ketones (excluding diaryl/α,β-unsaturated/α-hetero) is 1. The number of hydrogen-bond acceptors (Lipinski definition) is 6. The van der Waals surface area contributed by atoms with Gasteiger partial charge in [-0.1, -0.05) is 17.7 Å². The summed E-state index contributed by atoms with van der Waals surface area (Å²) in [5.41, 5.74) is -3.25. The van der Waals surface area contributed by atoms with Gasteiger partial charge in [0.15, 0.2) is 23.1 Å². The summed E-state index contributed by atoms with van der Waals surface area (Å²) in [5.74, 6) is -7.45. The van der Waals surface area contributed by atoms with Crippen LogP contribution in [0.25, 0.3) is 0 Å². The first-order valence-corrected chi connectivity index (χ1v) is 14.3. The number of nitrogens with zero attached hydrogens (tertiary/aromatic N) is 1. The van der Waals surface area contributed by atoms with E-state index in [0.29, 0.717) is 28.2 Å². The predicted octanol–water partition coefficient (Wildman–Crippen LogP) is 6.41. The van der Waals surface area contributed by atoms with Crippen molar-refractivity contribution in [2.75, 3.05) is 12.0 Å². The Morgan fingerprint density at radius 2 is 1.56 bits per heavy atom. The third-order valence-corrected chi connectivity index (χ3v) is 9.29. The second kappa shape index (κ2) is 10.4. The van der Waals surface area contributed by atoms with E-state index in [4.69, 9.17) is 4.74 Å². The molecule has 1 N–H and O–H groups in total. The molecule has 2 amide bonds. The Balaban J connectivity index is 1.48. The minimum absolute atomic E-state index is 0.0403. The third-order valence-electron chi connectivity index (χ3n) is 8.70. The number of benzene rings is 2. The number of hydrogen-bond donors (Lipinski definition) is 1. The molecule has 0 bridgehead atoms. The molecule has 1 fully saturated rings. The average Bonchev–Trinajstić information content (AvgIpc) is 3.23. The molecular formula is C31H20BrF6NO6. The first-order chi connectivity index (χ1) is 21.0. The second-order valence-electron chi connectivity index (χ2n) is 11.1. The minimum Gasteiger partial charge on any atom is -0.504 e. The highest BCUT2D eigenvalue weighted by Crippen LogP contribution is 2.56. The Bertz CT molecular complexity index is 1770. The van der Waals surface area contributed by atoms with Gasteiger partial charge in [-0.15, -0.1) is 0 Å². The number of aromatic hydroxyl groups is 1. The molecule has 2 aromatic rings. The lowest BCUT2D eigenvalue weighted by atomic mass is 9.59. The van der Waals surface area contributed by atoms with Crippen LogP contribution in [0.5, 0.6) is 11.5 Å². The maximum atomic E-state index is 13.9. The summed E-state index contributed by atoms with van der Waals surface area (Å²) in [6.07, 6.45) is -7.97. The Labute approximate surface area is 259 Å². The van der Waals surface area contributed by atoms with Gasteiger partial charge in [0.25, 0.3) is 0 Å². The van der Waals surface area contributed by atoms with Crippen molar-refractivity contribution in [1.82, 2.24) is 0 Å². The standard InChI is InChI=1S/C31H20BrF6NO6/c1-45-23-5-2-12(6-21(23)40)24-16-3-4-17-25(18(16)10-19-26(24)22(41)11-20(32)27(19)42)29(44)39(28(17)43)15-8-13(30(33,34)35)7-14(9-15)31(36,37)38/h2-3,5-9,11,17-18,24-25,40H,4,10H2,1H3. The van der Waals surface area contributed by atoms with Crippen LogP contribution in [-0.2, 0) is 31.5 Å². The number of phenols is 1. The molecular weight excluding hydrogens is 676 g/mol. The Morgan fingerprint density at radius 3 is 2.13 bits per heavy atom. The summed E-state index contributed by atoms with van der Waals surface area (Å²) in [6, 6.07) is 4.90. The average molecular weight is 696 g/mol. The largest absolute Gasteiger partial charge is 0.504 e. The lowest BCUT2D eigenvalue weighted by Crippen LogP contribution is -2.39. The molecule has 4 unspecified atom stereocenters. The van der Waals surface area contributed by atoms with Crippen LogP contribution >= 0.6 is 15.9 Å². The topological polar surface area (TPSA) is 101 Å². The highest BCUT2D eigenvalue weighted by molar-refractivity contribution is 9.12. The number of ether oxygens (including phenoxy) is 1. The van der Waals surface area contributed by atoms with Gasteiger partial charge in [-0.3, -0.25) is 19.2 Å². The summed E-state index contributed by atoms with van der Waals surface area (Å²) in [7, 11) is 1.33. The van der Waals surface area contributed by atoms with Gasteiger partial charge in [-0.2, -0.15) is 26.3 Å². The number of fused-ring (bicyclic) bond motifs is 3. The highest BCUT2D eigenvalue weighted by atomic mass is 79.9. The molecule has 0 spiro atoms. The highest BCUT2D eigenvalue weighted by Gasteiger charge is 2.57. The molecule has 0 radical (unpaired) electrons. The molecule has 234 valence electrons. The van der Waals surface area contributed by atoms with Crippen LogP contribution in [0.4, 0.5) is 32.0 Å². The van der Waals surface area contributed by atoms with Crippen molar-refractivity contribution in [3.8, 4) is 11.5 Å². The first kappa shape index (κ1) is 30.8. The van der Waals surface area contributed by atoms with Crippen LogP contribution < -0.4 is 9.64 Å². The van der Waals surface area contributed by atoms with Crippen LogP contribution in [0.15, 0.2) is 69.8 Å². The molecule has 6 rings (SSSR count). The van der Waals surface area contributed by atoms with E-state index in [0.717, 1.165) is 6.08 Å². The number of alkyl halides is 6. The van der Waals surface area contributed by atoms with E-state index in [1.54, 1.807) is 12.1 Å². The summed E-state index contributed by atoms with van der Waals surface area (Å²) in [4.78, 5) is 54.5. The molecule has 3 aliphatic carbocycles. The molecule has 1 aliphatic heterocycles. The Kier molecular flexibility index (Phi) is 7.14. The third kappa shape index (κ3) is 4.89. The number of methoxy groups -OCH3 is 1. The fraction of sp³-hybridized carbons (Fsp3) is 0.290. The summed E-state index contributed by atoms with van der Waals surface area (Å²) >= 11 is 3.09. The van der Waals surface area contributed by atoms with Gasteiger partial charge >= 0.3 is 12.4 Å². The molecule has 1 saturated heterocycles. The molecule has 4 atom stereocenters. The van der Waals surface area contributed by atoms with Crippen LogP contribution in [0.2, 0.25) is 0 Å². The van der Waals surface area contributed by atoms with Crippen LogP contribution in [0.1, 0.15) is 35.4 Å². The van der Waals surface area contributed by atoms with E-state index >= 15 is 0 Å². The zero-order valence-corrected chi connectivity index (χ0v) is 24.5. The van der Waals surface area contributed by atoms with Crippen LogP contribution in [0, 0.1) is 17.8 Å². The maximum Gasteiger partial charge on any atom is 0.416 e. The van der Waals surface area contributed by atoms with Gasteiger partial charge in [-0.25, -0.2) is 4.90 Å². The number of halogens is 7. The normalized spacial score (nSPS) is 25.1. The quantitative estimate of drug-likeness (QED) is 0.173. The van der Waals surface area contributed by atoms with Crippen molar-refractivity contribution in [2.45, 2.75) is 31.1 Å². The molecule has 1 heterocycles. The number of phenolic OH excluding ortho intramolecular Hbond substituents is 1. The number of amides is 2. The van der Waals surface area contributed by atoms with E-state index in [9.17, 15) is 50.6 Å². The molecule has 14 heteroatoms. The molecule has 7 nitrogen and oxygen atoms in total. The van der Waals surface area contributed by atoms with E-state index < -0.39 is 76.2 Å². The Morgan fingerprint density at radius 1 is 0.911 bits per heavy atom. The van der Waals surface area contributed by atoms with Gasteiger partial charge < -0.3 is 9.84 Å². The van der Waals surface area contributed by atoms with Crippen LogP contribution in [0.3, 0.4) is 0 Å². The monoisotopic (exact) mass is 695 g/mol. The number of ketones is 2. The van der Waals surface area contributed by atoms with E-state index in [1.807, 2.05) is 0 Å². The number of carbonyl (C=O) groups is 4. The zero-order chi connectivity index (χ0) is 32.7. The van der Waals surface area contributed by atoms with Crippen molar-refractivity contribution >= 4 is 45.0 Å². The number of anilines is 1. The number of imide groups is 1. The number of carbonyl (C=O) groups excluding carboxylic acids is 4. The number of allylic oxidation sites excluding steroid dienone is 6. The predicted molar refractivity (Wildman–Crippen MR) is 148 cm³/mol. The van der Waals surface area contributed by atoms with E-state index in [-0.39, 0.29) is 46.0 Å². The van der Waals surface area contributed by atoms with Gasteiger partial charge in [0.05, 0.1) is 40.2 Å². The smallest absolute Gasteiger partial charge is 0.416 e. The fourth-order valence-electron chi connectivity index (χ4n) is 6.79. The Hall–Kier alpha value is -4.20. The fourth-order valence-corrected chi connectivity index (χ4v) is 7.24. The minimum atomic E-state index is -5.21. The van der Waals surface area contributed by atoms with E-state index in [1.165, 1.54) is 19.2 Å². The lowest BCUT2D eigenvalue weighted by molar-refractivity contribution is -0.143. The van der Waals surface area contributed by atoms with Gasteiger partial charge in [0, 0.05) is 23.1 Å². The van der Waals surface area contributed by atoms with Crippen molar-refractivity contribution in [3.63, 3.8) is 0 Å². The van der Waals surface area contributed by atoms with Crippen molar-refractivity contribution < 1.29 is 55.4 Å².